The number of hydrogen-bond donors (Lipinski definition) is 4. The molecule has 0 aromatic carbocycles. The standard InChI is InChI=1S/C12H22N4O5/c1-3-16(4-2)10(18)5-6-14-12(21)15-8(11(19)20)7-9(13)17/h8H,3-7H2,1-2H3,(H2,13,17)(H,19,20)(H2,14,15,21)/t8-/m1/s1. The Morgan fingerprint density at radius 1 is 1.19 bits per heavy atom. The first kappa shape index (κ1) is 18.7. The fraction of sp³-hybridized carbons (Fsp3) is 0.667. The molecule has 0 aliphatic heterocycles. The fourth-order valence-electron chi connectivity index (χ4n) is 1.63. The molecule has 120 valence electrons. The number of amides is 4. The van der Waals surface area contributed by atoms with Crippen molar-refractivity contribution in [1.29, 1.82) is 0 Å². The van der Waals surface area contributed by atoms with Crippen molar-refractivity contribution >= 4 is 23.8 Å². The molecular formula is C12H22N4O5. The van der Waals surface area contributed by atoms with E-state index in [0.717, 1.165) is 0 Å². The summed E-state index contributed by atoms with van der Waals surface area (Å²) in [6.07, 6.45) is -0.385. The van der Waals surface area contributed by atoms with Crippen molar-refractivity contribution in [2.75, 3.05) is 19.6 Å². The number of hydrogen-bond acceptors (Lipinski definition) is 4. The van der Waals surface area contributed by atoms with Crippen LogP contribution in [0.5, 0.6) is 0 Å². The van der Waals surface area contributed by atoms with E-state index in [4.69, 9.17) is 10.8 Å². The van der Waals surface area contributed by atoms with Gasteiger partial charge in [0.25, 0.3) is 0 Å². The molecule has 0 fully saturated rings. The number of carboxylic acid groups (broad SMARTS) is 1. The van der Waals surface area contributed by atoms with Gasteiger partial charge in [0.05, 0.1) is 6.42 Å². The Morgan fingerprint density at radius 2 is 1.76 bits per heavy atom. The van der Waals surface area contributed by atoms with E-state index < -0.39 is 30.4 Å². The highest BCUT2D eigenvalue weighted by atomic mass is 16.4. The molecule has 0 radical (unpaired) electrons. The average Bonchev–Trinajstić information content (AvgIpc) is 2.38. The minimum absolute atomic E-state index is 0.0735. The minimum Gasteiger partial charge on any atom is -0.480 e. The Bertz CT molecular complexity index is 395. The molecule has 0 bridgehead atoms. The van der Waals surface area contributed by atoms with Crippen molar-refractivity contribution in [3.05, 3.63) is 0 Å². The van der Waals surface area contributed by atoms with Crippen LogP contribution in [-0.4, -0.2) is 59.5 Å². The number of nitrogens with two attached hydrogens (primary N) is 1. The molecule has 0 spiro atoms. The summed E-state index contributed by atoms with van der Waals surface area (Å²) >= 11 is 0. The van der Waals surface area contributed by atoms with Gasteiger partial charge >= 0.3 is 12.0 Å². The Morgan fingerprint density at radius 3 is 2.19 bits per heavy atom. The molecule has 21 heavy (non-hydrogen) atoms. The first-order chi connectivity index (χ1) is 9.81. The highest BCUT2D eigenvalue weighted by Crippen LogP contribution is 1.94. The van der Waals surface area contributed by atoms with Crippen molar-refractivity contribution in [2.24, 2.45) is 5.73 Å². The third kappa shape index (κ3) is 7.75. The van der Waals surface area contributed by atoms with Gasteiger partial charge in [0.1, 0.15) is 6.04 Å². The molecule has 0 rings (SSSR count). The van der Waals surface area contributed by atoms with Crippen molar-refractivity contribution in [1.82, 2.24) is 15.5 Å². The zero-order valence-corrected chi connectivity index (χ0v) is 12.2. The molecule has 9 heteroatoms. The Labute approximate surface area is 122 Å². The second kappa shape index (κ2) is 9.56. The molecule has 0 unspecified atom stereocenters. The van der Waals surface area contributed by atoms with E-state index in [1.54, 1.807) is 4.90 Å². The number of carboxylic acids is 1. The van der Waals surface area contributed by atoms with Gasteiger partial charge in [-0.1, -0.05) is 0 Å². The Hall–Kier alpha value is -2.32. The number of carbonyl (C=O) groups excluding carboxylic acids is 3. The van der Waals surface area contributed by atoms with E-state index in [-0.39, 0.29) is 18.9 Å². The predicted octanol–water partition coefficient (Wildman–Crippen LogP) is -1.13. The molecule has 0 saturated carbocycles. The molecule has 0 aromatic rings. The van der Waals surface area contributed by atoms with Crippen LogP contribution in [0.4, 0.5) is 4.79 Å². The summed E-state index contributed by atoms with van der Waals surface area (Å²) in [6.45, 7) is 4.94. The van der Waals surface area contributed by atoms with E-state index in [0.29, 0.717) is 13.1 Å². The maximum Gasteiger partial charge on any atom is 0.326 e. The topological polar surface area (TPSA) is 142 Å². The van der Waals surface area contributed by atoms with Crippen LogP contribution in [0, 0.1) is 0 Å². The molecule has 0 aliphatic carbocycles. The number of nitrogens with one attached hydrogen (secondary N) is 2. The molecular weight excluding hydrogens is 280 g/mol. The van der Waals surface area contributed by atoms with Gasteiger partial charge in [0.15, 0.2) is 0 Å². The van der Waals surface area contributed by atoms with Crippen LogP contribution in [0.2, 0.25) is 0 Å². The molecule has 4 amide bonds. The summed E-state index contributed by atoms with van der Waals surface area (Å²) in [5.74, 6) is -2.30. The summed E-state index contributed by atoms with van der Waals surface area (Å²) in [5, 5.41) is 13.3. The Balaban J connectivity index is 4.17. The van der Waals surface area contributed by atoms with Gasteiger partial charge in [0, 0.05) is 26.1 Å². The van der Waals surface area contributed by atoms with E-state index in [1.165, 1.54) is 0 Å². The van der Waals surface area contributed by atoms with Gasteiger partial charge < -0.3 is 26.4 Å². The number of carbonyl (C=O) groups is 4. The first-order valence-electron chi connectivity index (χ1n) is 6.65. The molecule has 0 saturated heterocycles. The van der Waals surface area contributed by atoms with Crippen LogP contribution in [-0.2, 0) is 14.4 Å². The lowest BCUT2D eigenvalue weighted by Gasteiger charge is -2.19. The second-order valence-corrected chi connectivity index (χ2v) is 4.28. The number of urea groups is 1. The minimum atomic E-state index is -1.39. The smallest absolute Gasteiger partial charge is 0.326 e. The zero-order chi connectivity index (χ0) is 16.4. The van der Waals surface area contributed by atoms with Crippen LogP contribution in [0.1, 0.15) is 26.7 Å². The average molecular weight is 302 g/mol. The number of aliphatic carboxylic acids is 1. The lowest BCUT2D eigenvalue weighted by atomic mass is 10.2. The zero-order valence-electron chi connectivity index (χ0n) is 12.2. The summed E-state index contributed by atoms with van der Waals surface area (Å²) in [7, 11) is 0. The monoisotopic (exact) mass is 302 g/mol. The van der Waals surface area contributed by atoms with Crippen molar-refractivity contribution in [2.45, 2.75) is 32.7 Å². The maximum absolute atomic E-state index is 11.7. The van der Waals surface area contributed by atoms with Crippen LogP contribution in [0.3, 0.4) is 0 Å². The van der Waals surface area contributed by atoms with E-state index in [2.05, 4.69) is 10.6 Å². The fourth-order valence-corrected chi connectivity index (χ4v) is 1.63. The van der Waals surface area contributed by atoms with Crippen molar-refractivity contribution in [3.8, 4) is 0 Å². The van der Waals surface area contributed by atoms with Crippen LogP contribution in [0.25, 0.3) is 0 Å². The molecule has 0 aliphatic rings. The van der Waals surface area contributed by atoms with E-state index in [1.807, 2.05) is 13.8 Å². The first-order valence-corrected chi connectivity index (χ1v) is 6.65. The molecule has 5 N–H and O–H groups in total. The SMILES string of the molecule is CCN(CC)C(=O)CCNC(=O)N[C@H](CC(N)=O)C(=O)O. The van der Waals surface area contributed by atoms with Gasteiger partial charge in [0.2, 0.25) is 11.8 Å². The summed E-state index contributed by atoms with van der Waals surface area (Å²) in [6, 6.07) is -2.16. The summed E-state index contributed by atoms with van der Waals surface area (Å²) in [5.41, 5.74) is 4.89. The number of rotatable bonds is 9. The predicted molar refractivity (Wildman–Crippen MR) is 74.3 cm³/mol. The van der Waals surface area contributed by atoms with Gasteiger partial charge in [-0.3, -0.25) is 9.59 Å². The third-order valence-electron chi connectivity index (χ3n) is 2.75. The normalized spacial score (nSPS) is 11.3. The van der Waals surface area contributed by atoms with Gasteiger partial charge in [-0.25, -0.2) is 9.59 Å². The lowest BCUT2D eigenvalue weighted by molar-refractivity contribution is -0.140. The quantitative estimate of drug-likeness (QED) is 0.426. The van der Waals surface area contributed by atoms with Gasteiger partial charge in [-0.05, 0) is 13.8 Å². The molecule has 9 nitrogen and oxygen atoms in total. The third-order valence-corrected chi connectivity index (χ3v) is 2.75. The van der Waals surface area contributed by atoms with E-state index >= 15 is 0 Å². The lowest BCUT2D eigenvalue weighted by Crippen LogP contribution is -2.48. The molecule has 0 aromatic heterocycles. The second-order valence-electron chi connectivity index (χ2n) is 4.28. The summed E-state index contributed by atoms with van der Waals surface area (Å²) < 4.78 is 0. The van der Waals surface area contributed by atoms with Crippen molar-refractivity contribution in [3.63, 3.8) is 0 Å². The molecule has 1 atom stereocenters. The van der Waals surface area contributed by atoms with Crippen molar-refractivity contribution < 1.29 is 24.3 Å². The van der Waals surface area contributed by atoms with Crippen LogP contribution in [0.15, 0.2) is 0 Å². The highest BCUT2D eigenvalue weighted by Gasteiger charge is 2.22. The number of nitrogens with zero attached hydrogens (tertiary/aromatic N) is 1. The molecule has 0 heterocycles. The summed E-state index contributed by atoms with van der Waals surface area (Å²) in [4.78, 5) is 46.2. The highest BCUT2D eigenvalue weighted by molar-refractivity contribution is 5.87. The maximum atomic E-state index is 11.7. The largest absolute Gasteiger partial charge is 0.480 e. The van der Waals surface area contributed by atoms with Gasteiger partial charge in [-0.2, -0.15) is 0 Å². The number of primary amides is 1. The van der Waals surface area contributed by atoms with Gasteiger partial charge in [-0.15, -0.1) is 0 Å². The Kier molecular flexibility index (Phi) is 8.51. The van der Waals surface area contributed by atoms with E-state index in [9.17, 15) is 19.2 Å². The van der Waals surface area contributed by atoms with Crippen LogP contribution >= 0.6 is 0 Å². The van der Waals surface area contributed by atoms with Crippen LogP contribution < -0.4 is 16.4 Å².